The monoisotopic (exact) mass is 371 g/mol. The maximum atomic E-state index is 5.98. The molecule has 0 saturated carbocycles. The molecule has 1 saturated heterocycles. The van der Waals surface area contributed by atoms with Crippen LogP contribution in [0.1, 0.15) is 25.3 Å². The zero-order chi connectivity index (χ0) is 18.7. The SMILES string of the molecule is CCOCCOc1cccc(CNc2ccccc2OCC2CCCO2)c1. The van der Waals surface area contributed by atoms with Gasteiger partial charge in [0.1, 0.15) is 24.7 Å². The van der Waals surface area contributed by atoms with Crippen LogP contribution in [-0.4, -0.2) is 39.1 Å². The van der Waals surface area contributed by atoms with Gasteiger partial charge in [-0.2, -0.15) is 0 Å². The number of anilines is 1. The summed E-state index contributed by atoms with van der Waals surface area (Å²) in [6, 6.07) is 16.1. The summed E-state index contributed by atoms with van der Waals surface area (Å²) in [5, 5.41) is 3.46. The molecule has 3 rings (SSSR count). The fraction of sp³-hybridized carbons (Fsp3) is 0.455. The second kappa shape index (κ2) is 10.8. The molecule has 1 atom stereocenters. The number of benzene rings is 2. The Morgan fingerprint density at radius 3 is 2.85 bits per heavy atom. The lowest BCUT2D eigenvalue weighted by Crippen LogP contribution is -2.16. The average Bonchev–Trinajstić information content (AvgIpc) is 3.23. The van der Waals surface area contributed by atoms with E-state index in [-0.39, 0.29) is 6.10 Å². The van der Waals surface area contributed by atoms with Crippen molar-refractivity contribution in [2.24, 2.45) is 0 Å². The molecule has 5 heteroatoms. The lowest BCUT2D eigenvalue weighted by molar-refractivity contribution is 0.0682. The molecule has 146 valence electrons. The summed E-state index contributed by atoms with van der Waals surface area (Å²) in [4.78, 5) is 0. The minimum atomic E-state index is 0.212. The molecule has 2 aromatic carbocycles. The third-order valence-electron chi connectivity index (χ3n) is 4.42. The minimum Gasteiger partial charge on any atom is -0.491 e. The summed E-state index contributed by atoms with van der Waals surface area (Å²) in [6.07, 6.45) is 2.41. The van der Waals surface area contributed by atoms with Crippen molar-refractivity contribution >= 4 is 5.69 Å². The van der Waals surface area contributed by atoms with E-state index in [1.54, 1.807) is 0 Å². The Balaban J connectivity index is 1.52. The Kier molecular flexibility index (Phi) is 7.81. The van der Waals surface area contributed by atoms with Crippen LogP contribution in [0, 0.1) is 0 Å². The first-order valence-corrected chi connectivity index (χ1v) is 9.72. The van der Waals surface area contributed by atoms with Gasteiger partial charge in [-0.25, -0.2) is 0 Å². The van der Waals surface area contributed by atoms with Gasteiger partial charge >= 0.3 is 0 Å². The summed E-state index contributed by atoms with van der Waals surface area (Å²) < 4.78 is 22.7. The van der Waals surface area contributed by atoms with Crippen LogP contribution in [0.3, 0.4) is 0 Å². The van der Waals surface area contributed by atoms with E-state index in [1.807, 2.05) is 43.3 Å². The van der Waals surface area contributed by atoms with E-state index in [0.29, 0.717) is 33.0 Å². The van der Waals surface area contributed by atoms with Gasteiger partial charge < -0.3 is 24.3 Å². The highest BCUT2D eigenvalue weighted by molar-refractivity contribution is 5.56. The van der Waals surface area contributed by atoms with Gasteiger partial charge in [0.15, 0.2) is 0 Å². The van der Waals surface area contributed by atoms with Crippen LogP contribution in [0.25, 0.3) is 0 Å². The molecule has 0 spiro atoms. The topological polar surface area (TPSA) is 49.0 Å². The summed E-state index contributed by atoms with van der Waals surface area (Å²) in [6.45, 7) is 6.00. The maximum absolute atomic E-state index is 5.98. The fourth-order valence-corrected chi connectivity index (χ4v) is 3.00. The fourth-order valence-electron chi connectivity index (χ4n) is 3.00. The van der Waals surface area contributed by atoms with Crippen molar-refractivity contribution in [3.05, 3.63) is 54.1 Å². The number of hydrogen-bond donors (Lipinski definition) is 1. The molecular weight excluding hydrogens is 342 g/mol. The van der Waals surface area contributed by atoms with Crippen LogP contribution in [0.2, 0.25) is 0 Å². The molecule has 0 amide bonds. The molecule has 2 aromatic rings. The van der Waals surface area contributed by atoms with Crippen molar-refractivity contribution in [3.8, 4) is 11.5 Å². The van der Waals surface area contributed by atoms with Crippen LogP contribution in [0.4, 0.5) is 5.69 Å². The molecule has 1 N–H and O–H groups in total. The predicted octanol–water partition coefficient (Wildman–Crippen LogP) is 4.27. The maximum Gasteiger partial charge on any atom is 0.142 e. The predicted molar refractivity (Wildman–Crippen MR) is 107 cm³/mol. The average molecular weight is 371 g/mol. The quantitative estimate of drug-likeness (QED) is 0.598. The summed E-state index contributed by atoms with van der Waals surface area (Å²) >= 11 is 0. The third-order valence-corrected chi connectivity index (χ3v) is 4.42. The number of hydrogen-bond acceptors (Lipinski definition) is 5. The Hall–Kier alpha value is -2.24. The van der Waals surface area contributed by atoms with Gasteiger partial charge in [0.25, 0.3) is 0 Å². The van der Waals surface area contributed by atoms with Crippen molar-refractivity contribution in [3.63, 3.8) is 0 Å². The van der Waals surface area contributed by atoms with Crippen molar-refractivity contribution < 1.29 is 18.9 Å². The summed E-state index contributed by atoms with van der Waals surface area (Å²) in [7, 11) is 0. The van der Waals surface area contributed by atoms with Gasteiger partial charge in [-0.05, 0) is 49.6 Å². The van der Waals surface area contributed by atoms with E-state index >= 15 is 0 Å². The van der Waals surface area contributed by atoms with Crippen molar-refractivity contribution in [2.75, 3.05) is 38.4 Å². The van der Waals surface area contributed by atoms with Gasteiger partial charge in [0.2, 0.25) is 0 Å². The highest BCUT2D eigenvalue weighted by atomic mass is 16.5. The molecule has 1 fully saturated rings. The van der Waals surface area contributed by atoms with Crippen molar-refractivity contribution in [1.29, 1.82) is 0 Å². The molecule has 5 nitrogen and oxygen atoms in total. The lowest BCUT2D eigenvalue weighted by Gasteiger charge is -2.16. The van der Waals surface area contributed by atoms with E-state index in [2.05, 4.69) is 17.4 Å². The number of nitrogens with one attached hydrogen (secondary N) is 1. The summed E-state index contributed by atoms with van der Waals surface area (Å²) in [5.41, 5.74) is 2.14. The first-order chi connectivity index (χ1) is 13.3. The van der Waals surface area contributed by atoms with E-state index in [0.717, 1.165) is 42.2 Å². The van der Waals surface area contributed by atoms with Crippen LogP contribution >= 0.6 is 0 Å². The van der Waals surface area contributed by atoms with Crippen molar-refractivity contribution in [2.45, 2.75) is 32.4 Å². The molecule has 1 unspecified atom stereocenters. The molecule has 1 heterocycles. The second-order valence-corrected chi connectivity index (χ2v) is 6.49. The molecule has 0 radical (unpaired) electrons. The van der Waals surface area contributed by atoms with Crippen LogP contribution in [-0.2, 0) is 16.0 Å². The number of para-hydroxylation sites is 2. The summed E-state index contributed by atoms with van der Waals surface area (Å²) in [5.74, 6) is 1.72. The van der Waals surface area contributed by atoms with Crippen LogP contribution < -0.4 is 14.8 Å². The van der Waals surface area contributed by atoms with Gasteiger partial charge in [0.05, 0.1) is 18.4 Å². The Morgan fingerprint density at radius 1 is 1.07 bits per heavy atom. The number of ether oxygens (including phenoxy) is 4. The normalized spacial score (nSPS) is 16.3. The molecule has 0 bridgehead atoms. The highest BCUT2D eigenvalue weighted by Gasteiger charge is 2.16. The highest BCUT2D eigenvalue weighted by Crippen LogP contribution is 2.26. The molecule has 27 heavy (non-hydrogen) atoms. The van der Waals surface area contributed by atoms with E-state index in [4.69, 9.17) is 18.9 Å². The standard InChI is InChI=1S/C22H29NO4/c1-2-24-13-14-26-19-8-5-7-18(15-19)16-23-21-10-3-4-11-22(21)27-17-20-9-6-12-25-20/h3-5,7-8,10-11,15,20,23H,2,6,9,12-14,16-17H2,1H3. The molecule has 1 aliphatic heterocycles. The first kappa shape index (κ1) is 19.5. The Morgan fingerprint density at radius 2 is 2.00 bits per heavy atom. The Labute approximate surface area is 161 Å². The largest absolute Gasteiger partial charge is 0.491 e. The van der Waals surface area contributed by atoms with E-state index in [1.165, 1.54) is 0 Å². The molecule has 0 aromatic heterocycles. The third kappa shape index (κ3) is 6.45. The van der Waals surface area contributed by atoms with Gasteiger partial charge in [-0.15, -0.1) is 0 Å². The van der Waals surface area contributed by atoms with Crippen molar-refractivity contribution in [1.82, 2.24) is 0 Å². The second-order valence-electron chi connectivity index (χ2n) is 6.49. The molecule has 1 aliphatic rings. The van der Waals surface area contributed by atoms with Crippen LogP contribution in [0.5, 0.6) is 11.5 Å². The Bertz CT molecular complexity index is 686. The van der Waals surface area contributed by atoms with Gasteiger partial charge in [-0.1, -0.05) is 24.3 Å². The van der Waals surface area contributed by atoms with Gasteiger partial charge in [-0.3, -0.25) is 0 Å². The van der Waals surface area contributed by atoms with Gasteiger partial charge in [0, 0.05) is 19.8 Å². The molecular formula is C22H29NO4. The first-order valence-electron chi connectivity index (χ1n) is 9.72. The zero-order valence-corrected chi connectivity index (χ0v) is 16.0. The smallest absolute Gasteiger partial charge is 0.142 e. The van der Waals surface area contributed by atoms with E-state index < -0.39 is 0 Å². The lowest BCUT2D eigenvalue weighted by atomic mass is 10.2. The van der Waals surface area contributed by atoms with E-state index in [9.17, 15) is 0 Å². The minimum absolute atomic E-state index is 0.212. The van der Waals surface area contributed by atoms with Crippen LogP contribution in [0.15, 0.2) is 48.5 Å². The molecule has 0 aliphatic carbocycles. The number of rotatable bonds is 11. The zero-order valence-electron chi connectivity index (χ0n) is 16.0.